The normalized spacial score (nSPS) is 16.0. The molecule has 8 aromatic carbocycles. The molecule has 2 aliphatic carbocycles. The topological polar surface area (TPSA) is 51.8 Å². The second-order valence-corrected chi connectivity index (χ2v) is 18.1. The molecule has 5 heteroatoms. The highest BCUT2D eigenvalue weighted by Crippen LogP contribution is 2.49. The van der Waals surface area contributed by atoms with Gasteiger partial charge >= 0.3 is 0 Å². The number of fused-ring (bicyclic) bond motifs is 11. The van der Waals surface area contributed by atoms with Gasteiger partial charge in [0.2, 0.25) is 0 Å². The quantitative estimate of drug-likeness (QED) is 0.178. The molecule has 13 rings (SSSR count). The van der Waals surface area contributed by atoms with E-state index < -0.39 is 0 Å². The maximum absolute atomic E-state index is 6.68. The Bertz CT molecular complexity index is 3660. The second kappa shape index (κ2) is 13.9. The number of benzene rings is 8. The van der Waals surface area contributed by atoms with Gasteiger partial charge in [-0.15, -0.1) is 11.3 Å². The van der Waals surface area contributed by atoms with E-state index >= 15 is 0 Å². The van der Waals surface area contributed by atoms with Crippen molar-refractivity contribution in [3.05, 3.63) is 197 Å². The largest absolute Gasteiger partial charge is 0.456 e. The van der Waals surface area contributed by atoms with Gasteiger partial charge in [-0.05, 0) is 122 Å². The van der Waals surface area contributed by atoms with Crippen LogP contribution in [0, 0.1) is 5.92 Å². The third-order valence-electron chi connectivity index (χ3n) is 13.5. The van der Waals surface area contributed by atoms with Crippen molar-refractivity contribution in [3.8, 4) is 33.9 Å². The zero-order chi connectivity index (χ0) is 40.9. The van der Waals surface area contributed by atoms with Crippen molar-refractivity contribution in [2.45, 2.75) is 32.1 Å². The summed E-state index contributed by atoms with van der Waals surface area (Å²) in [6, 6.07) is 59.2. The van der Waals surface area contributed by atoms with E-state index in [1.165, 1.54) is 59.1 Å². The van der Waals surface area contributed by atoms with Crippen LogP contribution in [0.1, 0.15) is 52.2 Å². The van der Waals surface area contributed by atoms with Crippen molar-refractivity contribution in [1.29, 1.82) is 0 Å². The molecule has 2 atom stereocenters. The molecule has 0 fully saturated rings. The van der Waals surface area contributed by atoms with Crippen LogP contribution in [0.25, 0.3) is 99.1 Å². The first-order valence-corrected chi connectivity index (χ1v) is 22.5. The van der Waals surface area contributed by atoms with Gasteiger partial charge in [-0.1, -0.05) is 140 Å². The Kier molecular flexibility index (Phi) is 7.98. The molecule has 11 aromatic rings. The Balaban J connectivity index is 1.09. The smallest absolute Gasteiger partial charge is 0.164 e. The fraction of sp³-hybridized carbons (Fsp3) is 0.105. The van der Waals surface area contributed by atoms with Crippen molar-refractivity contribution < 1.29 is 4.42 Å². The molecular formula is C57H39N3OS. The highest BCUT2D eigenvalue weighted by molar-refractivity contribution is 7.20. The van der Waals surface area contributed by atoms with Crippen LogP contribution in [0.15, 0.2) is 168 Å². The molecule has 0 bridgehead atoms. The van der Waals surface area contributed by atoms with Gasteiger partial charge < -0.3 is 4.42 Å². The molecule has 62 heavy (non-hydrogen) atoms. The first kappa shape index (κ1) is 35.5. The lowest BCUT2D eigenvalue weighted by Gasteiger charge is -2.24. The molecule has 2 unspecified atom stereocenters. The lowest BCUT2D eigenvalue weighted by atomic mass is 9.81. The van der Waals surface area contributed by atoms with Gasteiger partial charge in [-0.25, -0.2) is 15.0 Å². The molecule has 3 heterocycles. The molecule has 0 spiro atoms. The van der Waals surface area contributed by atoms with E-state index in [1.54, 1.807) is 0 Å². The van der Waals surface area contributed by atoms with E-state index in [1.807, 2.05) is 11.3 Å². The maximum atomic E-state index is 6.68. The highest BCUT2D eigenvalue weighted by atomic mass is 32.1. The first-order valence-electron chi connectivity index (χ1n) is 21.6. The molecule has 0 aliphatic heterocycles. The first-order chi connectivity index (χ1) is 30.6. The molecule has 0 saturated carbocycles. The monoisotopic (exact) mass is 813 g/mol. The number of hydrogen-bond donors (Lipinski definition) is 0. The van der Waals surface area contributed by atoms with Crippen molar-refractivity contribution >= 4 is 76.6 Å². The number of aromatic nitrogens is 3. The van der Waals surface area contributed by atoms with E-state index in [0.29, 0.717) is 11.6 Å². The number of thiophene rings is 1. The van der Waals surface area contributed by atoms with Crippen LogP contribution in [-0.2, 0) is 12.8 Å². The third-order valence-corrected chi connectivity index (χ3v) is 14.6. The summed E-state index contributed by atoms with van der Waals surface area (Å²) in [5.74, 6) is 2.33. The average Bonchev–Trinajstić information content (AvgIpc) is 3.84. The number of hydrogen-bond acceptors (Lipinski definition) is 5. The van der Waals surface area contributed by atoms with Gasteiger partial charge in [0.25, 0.3) is 0 Å². The lowest BCUT2D eigenvalue weighted by Crippen LogP contribution is -2.13. The Hall–Kier alpha value is -7.21. The maximum Gasteiger partial charge on any atom is 0.164 e. The van der Waals surface area contributed by atoms with Crippen LogP contribution < -0.4 is 0 Å². The van der Waals surface area contributed by atoms with Gasteiger partial charge in [0.15, 0.2) is 17.5 Å². The molecule has 2 aliphatic rings. The van der Waals surface area contributed by atoms with Gasteiger partial charge in [0.05, 0.1) is 0 Å². The van der Waals surface area contributed by atoms with Crippen molar-refractivity contribution in [2.75, 3.05) is 0 Å². The number of aryl methyl sites for hydroxylation is 1. The average molecular weight is 814 g/mol. The SMILES string of the molecule is CC1Cc2c(sc3ccccc23)C=C1c1nc(-c2ccc3oc4ccccc4c3c2C2CCc3cc4ccccc4cc3-c3ccccc32)nc(-c2cccc3ccccc23)n1. The number of rotatable bonds is 4. The van der Waals surface area contributed by atoms with Crippen LogP contribution in [0.5, 0.6) is 0 Å². The van der Waals surface area contributed by atoms with Gasteiger partial charge in [0, 0.05) is 43.0 Å². The summed E-state index contributed by atoms with van der Waals surface area (Å²) < 4.78 is 8.00. The minimum Gasteiger partial charge on any atom is -0.456 e. The van der Waals surface area contributed by atoms with E-state index in [4.69, 9.17) is 19.4 Å². The van der Waals surface area contributed by atoms with Crippen LogP contribution in [-0.4, -0.2) is 15.0 Å². The fourth-order valence-electron chi connectivity index (χ4n) is 10.5. The van der Waals surface area contributed by atoms with Gasteiger partial charge in [-0.3, -0.25) is 0 Å². The Morgan fingerprint density at radius 3 is 2.11 bits per heavy atom. The number of furan rings is 1. The summed E-state index contributed by atoms with van der Waals surface area (Å²) in [6.45, 7) is 2.32. The van der Waals surface area contributed by atoms with E-state index in [0.717, 1.165) is 74.5 Å². The highest BCUT2D eigenvalue weighted by Gasteiger charge is 2.32. The third kappa shape index (κ3) is 5.55. The standard InChI is InChI=1S/C57H39N3OS/c1-33-29-48-41-20-9-11-24-51(41)62-52(48)32-46(33)57-59-55(43-22-12-16-34-13-4-5-17-38(34)43)58-56(60-57)45-27-28-50-54(44-21-8-10-23-49(44)61-50)53(45)42-26-25-37-30-35-14-2-3-15-36(35)31-47(37)40-19-7-6-18-39(40)42/h2-24,27-28,30-33,42H,25-26,29H2,1H3. The minimum absolute atomic E-state index is 0.0246. The van der Waals surface area contributed by atoms with Crippen LogP contribution >= 0.6 is 11.3 Å². The molecule has 0 saturated heterocycles. The zero-order valence-corrected chi connectivity index (χ0v) is 34.9. The Morgan fingerprint density at radius 1 is 0.548 bits per heavy atom. The molecular weight excluding hydrogens is 775 g/mol. The zero-order valence-electron chi connectivity index (χ0n) is 34.1. The van der Waals surface area contributed by atoms with Crippen LogP contribution in [0.3, 0.4) is 0 Å². The molecule has 0 amide bonds. The Labute approximate surface area is 362 Å². The molecule has 4 nitrogen and oxygen atoms in total. The molecule has 0 N–H and O–H groups in total. The number of allylic oxidation sites excluding steroid dienone is 1. The summed E-state index contributed by atoms with van der Waals surface area (Å²) in [5.41, 5.74) is 12.8. The predicted octanol–water partition coefficient (Wildman–Crippen LogP) is 15.1. The summed E-state index contributed by atoms with van der Waals surface area (Å²) in [7, 11) is 0. The van der Waals surface area contributed by atoms with E-state index in [2.05, 4.69) is 177 Å². The van der Waals surface area contributed by atoms with Crippen LogP contribution in [0.2, 0.25) is 0 Å². The molecule has 3 aromatic heterocycles. The van der Waals surface area contributed by atoms with Gasteiger partial charge in [0.1, 0.15) is 11.2 Å². The summed E-state index contributed by atoms with van der Waals surface area (Å²) in [6.07, 6.45) is 5.13. The number of para-hydroxylation sites is 1. The lowest BCUT2D eigenvalue weighted by molar-refractivity contribution is 0.667. The van der Waals surface area contributed by atoms with Crippen molar-refractivity contribution in [3.63, 3.8) is 0 Å². The summed E-state index contributed by atoms with van der Waals surface area (Å²) >= 11 is 1.86. The predicted molar refractivity (Wildman–Crippen MR) is 258 cm³/mol. The summed E-state index contributed by atoms with van der Waals surface area (Å²) in [4.78, 5) is 17.8. The summed E-state index contributed by atoms with van der Waals surface area (Å²) in [5, 5.41) is 8.40. The van der Waals surface area contributed by atoms with E-state index in [9.17, 15) is 0 Å². The molecule has 0 radical (unpaired) electrons. The van der Waals surface area contributed by atoms with Crippen molar-refractivity contribution in [1.82, 2.24) is 15.0 Å². The van der Waals surface area contributed by atoms with Crippen molar-refractivity contribution in [2.24, 2.45) is 5.92 Å². The minimum atomic E-state index is 0.0246. The number of nitrogens with zero attached hydrogens (tertiary/aromatic N) is 3. The second-order valence-electron chi connectivity index (χ2n) is 17.0. The van der Waals surface area contributed by atoms with Gasteiger partial charge in [-0.2, -0.15) is 0 Å². The van der Waals surface area contributed by atoms with E-state index in [-0.39, 0.29) is 11.8 Å². The fourth-order valence-corrected chi connectivity index (χ4v) is 11.7. The Morgan fingerprint density at radius 2 is 1.23 bits per heavy atom. The molecule has 294 valence electrons. The van der Waals surface area contributed by atoms with Crippen LogP contribution in [0.4, 0.5) is 0 Å².